The van der Waals surface area contributed by atoms with Gasteiger partial charge in [0.2, 0.25) is 0 Å². The van der Waals surface area contributed by atoms with Crippen LogP contribution in [-0.4, -0.2) is 17.4 Å². The van der Waals surface area contributed by atoms with Crippen LogP contribution in [0.2, 0.25) is 0 Å². The van der Waals surface area contributed by atoms with Crippen molar-refractivity contribution >= 4 is 33.3 Å². The van der Waals surface area contributed by atoms with E-state index in [2.05, 4.69) is 31.5 Å². The van der Waals surface area contributed by atoms with Gasteiger partial charge in [0, 0.05) is 11.0 Å². The molecule has 0 bridgehead atoms. The molecule has 0 saturated carbocycles. The summed E-state index contributed by atoms with van der Waals surface area (Å²) in [6.07, 6.45) is 1.01. The third kappa shape index (κ3) is 3.75. The van der Waals surface area contributed by atoms with Crippen LogP contribution in [0.4, 0.5) is 20.3 Å². The SMILES string of the molecule is CCNc1ncc(F)cc1C(=O)Nc1ccc(Br)cc1F. The van der Waals surface area contributed by atoms with Crippen LogP contribution in [0.3, 0.4) is 0 Å². The van der Waals surface area contributed by atoms with Crippen molar-refractivity contribution in [2.75, 3.05) is 17.2 Å². The number of amides is 1. The standard InChI is InChI=1S/C14H12BrF2N3O/c1-2-18-13-10(6-9(16)7-19-13)14(21)20-12-4-3-8(15)5-11(12)17/h3-7H,2H2,1H3,(H,18,19)(H,20,21). The number of rotatable bonds is 4. The number of benzene rings is 1. The molecule has 21 heavy (non-hydrogen) atoms. The Morgan fingerprint density at radius 2 is 2.10 bits per heavy atom. The van der Waals surface area contributed by atoms with E-state index in [4.69, 9.17) is 0 Å². The van der Waals surface area contributed by atoms with Crippen LogP contribution in [0.1, 0.15) is 17.3 Å². The van der Waals surface area contributed by atoms with E-state index in [1.807, 2.05) is 6.92 Å². The molecule has 2 rings (SSSR count). The van der Waals surface area contributed by atoms with Gasteiger partial charge in [-0.05, 0) is 31.2 Å². The van der Waals surface area contributed by atoms with Crippen LogP contribution in [-0.2, 0) is 0 Å². The predicted molar refractivity (Wildman–Crippen MR) is 80.4 cm³/mol. The van der Waals surface area contributed by atoms with Gasteiger partial charge in [-0.15, -0.1) is 0 Å². The second-order valence-electron chi connectivity index (χ2n) is 4.16. The number of halogens is 3. The highest BCUT2D eigenvalue weighted by Gasteiger charge is 2.15. The average Bonchev–Trinajstić information content (AvgIpc) is 2.44. The van der Waals surface area contributed by atoms with E-state index in [-0.39, 0.29) is 17.1 Å². The van der Waals surface area contributed by atoms with Crippen LogP contribution in [0, 0.1) is 11.6 Å². The Hall–Kier alpha value is -2.02. The van der Waals surface area contributed by atoms with Crippen molar-refractivity contribution in [3.63, 3.8) is 0 Å². The van der Waals surface area contributed by atoms with Crippen molar-refractivity contribution in [1.82, 2.24) is 4.98 Å². The Kier molecular flexibility index (Phi) is 4.85. The fourth-order valence-electron chi connectivity index (χ4n) is 1.70. The Balaban J connectivity index is 2.29. The minimum absolute atomic E-state index is 0.00918. The van der Waals surface area contributed by atoms with E-state index in [9.17, 15) is 13.6 Å². The summed E-state index contributed by atoms with van der Waals surface area (Å²) >= 11 is 3.13. The van der Waals surface area contributed by atoms with Gasteiger partial charge in [-0.3, -0.25) is 4.79 Å². The molecule has 0 atom stereocenters. The van der Waals surface area contributed by atoms with E-state index in [0.29, 0.717) is 11.0 Å². The molecule has 0 radical (unpaired) electrons. The summed E-state index contributed by atoms with van der Waals surface area (Å²) in [5, 5.41) is 5.25. The first-order chi connectivity index (χ1) is 10.0. The molecule has 0 saturated heterocycles. The summed E-state index contributed by atoms with van der Waals surface area (Å²) in [5.41, 5.74) is 0.0223. The monoisotopic (exact) mass is 355 g/mol. The lowest BCUT2D eigenvalue weighted by Gasteiger charge is -2.11. The number of anilines is 2. The smallest absolute Gasteiger partial charge is 0.259 e. The Morgan fingerprint density at radius 1 is 1.33 bits per heavy atom. The molecule has 4 nitrogen and oxygen atoms in total. The molecule has 0 spiro atoms. The normalized spacial score (nSPS) is 10.3. The number of carbonyl (C=O) groups is 1. The molecule has 0 aliphatic carbocycles. The fraction of sp³-hybridized carbons (Fsp3) is 0.143. The maximum Gasteiger partial charge on any atom is 0.259 e. The average molecular weight is 356 g/mol. The van der Waals surface area contributed by atoms with Gasteiger partial charge < -0.3 is 10.6 Å². The van der Waals surface area contributed by atoms with Gasteiger partial charge in [0.05, 0.1) is 17.4 Å². The van der Waals surface area contributed by atoms with Crippen molar-refractivity contribution in [3.8, 4) is 0 Å². The van der Waals surface area contributed by atoms with Gasteiger partial charge in [-0.2, -0.15) is 0 Å². The molecule has 1 aromatic carbocycles. The topological polar surface area (TPSA) is 54.0 Å². The lowest BCUT2D eigenvalue weighted by molar-refractivity contribution is 0.102. The summed E-state index contributed by atoms with van der Waals surface area (Å²) < 4.78 is 27.5. The Morgan fingerprint density at radius 3 is 2.76 bits per heavy atom. The molecule has 0 aliphatic rings. The zero-order chi connectivity index (χ0) is 15.4. The maximum atomic E-state index is 13.7. The van der Waals surface area contributed by atoms with Gasteiger partial charge in [0.15, 0.2) is 0 Å². The van der Waals surface area contributed by atoms with E-state index in [1.165, 1.54) is 12.1 Å². The highest BCUT2D eigenvalue weighted by atomic mass is 79.9. The second-order valence-corrected chi connectivity index (χ2v) is 5.07. The highest BCUT2D eigenvalue weighted by molar-refractivity contribution is 9.10. The molecular weight excluding hydrogens is 344 g/mol. The van der Waals surface area contributed by atoms with Gasteiger partial charge in [-0.1, -0.05) is 15.9 Å². The zero-order valence-electron chi connectivity index (χ0n) is 11.1. The van der Waals surface area contributed by atoms with Gasteiger partial charge in [0.25, 0.3) is 5.91 Å². The number of carbonyl (C=O) groups excluding carboxylic acids is 1. The summed E-state index contributed by atoms with van der Waals surface area (Å²) in [6.45, 7) is 2.34. The van der Waals surface area contributed by atoms with Crippen molar-refractivity contribution in [2.45, 2.75) is 6.92 Å². The number of nitrogens with one attached hydrogen (secondary N) is 2. The molecule has 0 unspecified atom stereocenters. The zero-order valence-corrected chi connectivity index (χ0v) is 12.7. The van der Waals surface area contributed by atoms with E-state index in [0.717, 1.165) is 12.3 Å². The van der Waals surface area contributed by atoms with E-state index in [1.54, 1.807) is 6.07 Å². The van der Waals surface area contributed by atoms with E-state index < -0.39 is 17.5 Å². The molecule has 1 aromatic heterocycles. The predicted octanol–water partition coefficient (Wildman–Crippen LogP) is 3.81. The maximum absolute atomic E-state index is 13.7. The first-order valence-corrected chi connectivity index (χ1v) is 6.96. The summed E-state index contributed by atoms with van der Waals surface area (Å²) in [5.74, 6) is -1.63. The molecule has 1 heterocycles. The first-order valence-electron chi connectivity index (χ1n) is 6.17. The van der Waals surface area contributed by atoms with E-state index >= 15 is 0 Å². The molecule has 1 amide bonds. The largest absolute Gasteiger partial charge is 0.370 e. The number of pyridine rings is 1. The first kappa shape index (κ1) is 15.4. The van der Waals surface area contributed by atoms with Crippen LogP contribution in [0.5, 0.6) is 0 Å². The minimum atomic E-state index is -0.641. The molecule has 7 heteroatoms. The van der Waals surface area contributed by atoms with Crippen molar-refractivity contribution in [3.05, 3.63) is 52.1 Å². The summed E-state index contributed by atoms with van der Waals surface area (Å²) in [4.78, 5) is 16.0. The van der Waals surface area contributed by atoms with Crippen LogP contribution in [0.25, 0.3) is 0 Å². The fourth-order valence-corrected chi connectivity index (χ4v) is 2.03. The number of hydrogen-bond acceptors (Lipinski definition) is 3. The summed E-state index contributed by atoms with van der Waals surface area (Å²) in [6, 6.07) is 5.28. The lowest BCUT2D eigenvalue weighted by Crippen LogP contribution is -2.17. The molecule has 0 aliphatic heterocycles. The third-order valence-electron chi connectivity index (χ3n) is 2.62. The number of hydrogen-bond donors (Lipinski definition) is 2. The molecule has 2 N–H and O–H groups in total. The van der Waals surface area contributed by atoms with Crippen molar-refractivity contribution in [1.29, 1.82) is 0 Å². The Bertz CT molecular complexity index is 679. The molecule has 2 aromatic rings. The summed E-state index contributed by atoms with van der Waals surface area (Å²) in [7, 11) is 0. The van der Waals surface area contributed by atoms with Gasteiger partial charge in [0.1, 0.15) is 17.5 Å². The number of nitrogens with zero attached hydrogens (tertiary/aromatic N) is 1. The molecule has 110 valence electrons. The van der Waals surface area contributed by atoms with Crippen LogP contribution in [0.15, 0.2) is 34.9 Å². The minimum Gasteiger partial charge on any atom is -0.370 e. The van der Waals surface area contributed by atoms with Crippen LogP contribution < -0.4 is 10.6 Å². The second kappa shape index (κ2) is 6.62. The quantitative estimate of drug-likeness (QED) is 0.876. The number of aromatic nitrogens is 1. The van der Waals surface area contributed by atoms with Gasteiger partial charge in [-0.25, -0.2) is 13.8 Å². The highest BCUT2D eigenvalue weighted by Crippen LogP contribution is 2.21. The van der Waals surface area contributed by atoms with Crippen LogP contribution >= 0.6 is 15.9 Å². The molecule has 0 fully saturated rings. The molecular formula is C14H12BrF2N3O. The lowest BCUT2D eigenvalue weighted by atomic mass is 10.2. The van der Waals surface area contributed by atoms with Crippen molar-refractivity contribution in [2.24, 2.45) is 0 Å². The third-order valence-corrected chi connectivity index (χ3v) is 3.12. The Labute approximate surface area is 128 Å². The van der Waals surface area contributed by atoms with Crippen molar-refractivity contribution < 1.29 is 13.6 Å². The van der Waals surface area contributed by atoms with Gasteiger partial charge >= 0.3 is 0 Å².